The van der Waals surface area contributed by atoms with Crippen molar-refractivity contribution in [2.45, 2.75) is 0 Å². The summed E-state index contributed by atoms with van der Waals surface area (Å²) < 4.78 is 0. The van der Waals surface area contributed by atoms with Crippen LogP contribution < -0.4 is 16.8 Å². The second-order valence-corrected chi connectivity index (χ2v) is 3.84. The number of nitrogen functional groups attached to an aromatic ring is 2. The molecule has 0 saturated carbocycles. The van der Waals surface area contributed by atoms with E-state index in [4.69, 9.17) is 34.7 Å². The van der Waals surface area contributed by atoms with E-state index in [0.29, 0.717) is 27.4 Å². The zero-order valence-electron chi connectivity index (χ0n) is 7.96. The van der Waals surface area contributed by atoms with Gasteiger partial charge in [-0.15, -0.1) is 5.10 Å². The van der Waals surface area contributed by atoms with Gasteiger partial charge in [-0.25, -0.2) is 5.10 Å². The van der Waals surface area contributed by atoms with Crippen LogP contribution in [0.3, 0.4) is 0 Å². The first kappa shape index (κ1) is 10.8. The summed E-state index contributed by atoms with van der Waals surface area (Å²) in [6, 6.07) is 3.25. The molecule has 0 spiro atoms. The van der Waals surface area contributed by atoms with Crippen molar-refractivity contribution in [2.75, 3.05) is 16.8 Å². The van der Waals surface area contributed by atoms with Gasteiger partial charge in [-0.2, -0.15) is 4.98 Å². The highest BCUT2D eigenvalue weighted by molar-refractivity contribution is 6.39. The molecule has 0 radical (unpaired) electrons. The van der Waals surface area contributed by atoms with Crippen molar-refractivity contribution in [1.82, 2.24) is 15.2 Å². The van der Waals surface area contributed by atoms with Crippen molar-refractivity contribution in [3.63, 3.8) is 0 Å². The Morgan fingerprint density at radius 1 is 1.19 bits per heavy atom. The maximum atomic E-state index is 5.87. The molecule has 0 aliphatic rings. The molecule has 0 amide bonds. The van der Waals surface area contributed by atoms with Crippen LogP contribution in [0.2, 0.25) is 10.0 Å². The summed E-state index contributed by atoms with van der Waals surface area (Å²) in [6.07, 6.45) is 0. The maximum absolute atomic E-state index is 5.87. The molecule has 0 unspecified atom stereocenters. The highest BCUT2D eigenvalue weighted by Crippen LogP contribution is 2.31. The Kier molecular flexibility index (Phi) is 2.76. The Hall–Kier alpha value is -1.66. The molecule has 0 fully saturated rings. The molecule has 0 bridgehead atoms. The number of nitrogens with two attached hydrogens (primary N) is 2. The summed E-state index contributed by atoms with van der Waals surface area (Å²) >= 11 is 11.7. The first-order valence-corrected chi connectivity index (χ1v) is 5.01. The summed E-state index contributed by atoms with van der Waals surface area (Å²) in [6.45, 7) is 0. The van der Waals surface area contributed by atoms with E-state index in [0.717, 1.165) is 0 Å². The summed E-state index contributed by atoms with van der Waals surface area (Å²) in [5.41, 5.74) is 11.9. The Bertz CT molecular complexity index is 500. The minimum absolute atomic E-state index is 0.148. The number of aromatic nitrogens is 3. The lowest BCUT2D eigenvalue weighted by molar-refractivity contribution is 1.10. The van der Waals surface area contributed by atoms with Gasteiger partial charge in [0, 0.05) is 5.69 Å². The fraction of sp³-hybridized carbons (Fsp3) is 0. The van der Waals surface area contributed by atoms with E-state index in [9.17, 15) is 0 Å². The number of nitrogens with one attached hydrogen (secondary N) is 2. The van der Waals surface area contributed by atoms with Gasteiger partial charge in [0.15, 0.2) is 0 Å². The molecule has 1 aromatic carbocycles. The Morgan fingerprint density at radius 2 is 1.81 bits per heavy atom. The van der Waals surface area contributed by atoms with Crippen LogP contribution in [-0.2, 0) is 0 Å². The van der Waals surface area contributed by atoms with Crippen molar-refractivity contribution in [3.05, 3.63) is 22.2 Å². The summed E-state index contributed by atoms with van der Waals surface area (Å²) in [7, 11) is 0. The summed E-state index contributed by atoms with van der Waals surface area (Å²) in [4.78, 5) is 3.87. The second kappa shape index (κ2) is 4.07. The predicted octanol–water partition coefficient (Wildman–Crippen LogP) is 2.02. The van der Waals surface area contributed by atoms with Gasteiger partial charge in [0.25, 0.3) is 0 Å². The fourth-order valence-electron chi connectivity index (χ4n) is 1.12. The first-order valence-electron chi connectivity index (χ1n) is 4.25. The minimum atomic E-state index is 0.148. The fourth-order valence-corrected chi connectivity index (χ4v) is 1.61. The number of hydrogen-bond acceptors (Lipinski definition) is 5. The Morgan fingerprint density at radius 3 is 2.31 bits per heavy atom. The van der Waals surface area contributed by atoms with E-state index in [1.165, 1.54) is 0 Å². The Balaban J connectivity index is 2.28. The number of aromatic amines is 1. The smallest absolute Gasteiger partial charge is 0.241 e. The van der Waals surface area contributed by atoms with Gasteiger partial charge >= 0.3 is 0 Å². The van der Waals surface area contributed by atoms with Crippen LogP contribution in [-0.4, -0.2) is 15.2 Å². The largest absolute Gasteiger partial charge is 0.396 e. The second-order valence-electron chi connectivity index (χ2n) is 3.02. The summed E-state index contributed by atoms with van der Waals surface area (Å²) in [5, 5.41) is 9.88. The number of rotatable bonds is 2. The van der Waals surface area contributed by atoms with Crippen LogP contribution >= 0.6 is 23.2 Å². The van der Waals surface area contributed by atoms with E-state index in [1.54, 1.807) is 12.1 Å². The number of nitrogens with zero attached hydrogens (tertiary/aromatic N) is 2. The van der Waals surface area contributed by atoms with Gasteiger partial charge in [-0.1, -0.05) is 23.2 Å². The third-order valence-corrected chi connectivity index (χ3v) is 2.47. The molecule has 0 atom stereocenters. The van der Waals surface area contributed by atoms with E-state index in [1.807, 2.05) is 0 Å². The number of halogens is 2. The zero-order valence-corrected chi connectivity index (χ0v) is 9.47. The van der Waals surface area contributed by atoms with Crippen molar-refractivity contribution in [2.24, 2.45) is 0 Å². The van der Waals surface area contributed by atoms with Gasteiger partial charge < -0.3 is 16.8 Å². The average molecular weight is 259 g/mol. The first-order chi connectivity index (χ1) is 7.56. The van der Waals surface area contributed by atoms with Crippen molar-refractivity contribution >= 4 is 46.5 Å². The molecule has 16 heavy (non-hydrogen) atoms. The molecule has 2 aromatic rings. The molecule has 0 aliphatic heterocycles. The van der Waals surface area contributed by atoms with Gasteiger partial charge in [0.2, 0.25) is 11.9 Å². The number of hydrogen-bond donors (Lipinski definition) is 4. The molecule has 1 aromatic heterocycles. The van der Waals surface area contributed by atoms with Crippen LogP contribution in [0, 0.1) is 0 Å². The zero-order chi connectivity index (χ0) is 11.7. The van der Waals surface area contributed by atoms with Gasteiger partial charge in [-0.05, 0) is 12.1 Å². The molecule has 1 heterocycles. The van der Waals surface area contributed by atoms with Crippen LogP contribution in [0.4, 0.5) is 23.3 Å². The molecule has 0 aliphatic carbocycles. The standard InChI is InChI=1S/C8H8Cl2N6/c9-4-1-3(2-5(10)6(4)11)13-8-14-7(12)15-16-8/h1-2H,11H2,(H4,12,13,14,15,16). The van der Waals surface area contributed by atoms with E-state index >= 15 is 0 Å². The number of anilines is 4. The maximum Gasteiger partial charge on any atom is 0.241 e. The van der Waals surface area contributed by atoms with E-state index in [2.05, 4.69) is 20.5 Å². The molecule has 6 N–H and O–H groups in total. The molecule has 8 heteroatoms. The SMILES string of the molecule is Nc1n[nH]c(Nc2cc(Cl)c(N)c(Cl)c2)n1. The highest BCUT2D eigenvalue weighted by atomic mass is 35.5. The highest BCUT2D eigenvalue weighted by Gasteiger charge is 2.06. The minimum Gasteiger partial charge on any atom is -0.396 e. The van der Waals surface area contributed by atoms with Crippen molar-refractivity contribution in [1.29, 1.82) is 0 Å². The Labute approximate surface area is 101 Å². The molecule has 2 rings (SSSR count). The monoisotopic (exact) mass is 258 g/mol. The molecule has 6 nitrogen and oxygen atoms in total. The van der Waals surface area contributed by atoms with Crippen LogP contribution in [0.1, 0.15) is 0 Å². The lowest BCUT2D eigenvalue weighted by Gasteiger charge is -2.06. The van der Waals surface area contributed by atoms with E-state index in [-0.39, 0.29) is 5.95 Å². The van der Waals surface area contributed by atoms with Crippen molar-refractivity contribution in [3.8, 4) is 0 Å². The van der Waals surface area contributed by atoms with Crippen molar-refractivity contribution < 1.29 is 0 Å². The summed E-state index contributed by atoms with van der Waals surface area (Å²) in [5.74, 6) is 0.546. The molecular formula is C8H8Cl2N6. The van der Waals surface area contributed by atoms with Crippen LogP contribution in [0.5, 0.6) is 0 Å². The normalized spacial score (nSPS) is 10.4. The molecule has 84 valence electrons. The lowest BCUT2D eigenvalue weighted by Crippen LogP contribution is -1.95. The van der Waals surface area contributed by atoms with Crippen LogP contribution in [0.15, 0.2) is 12.1 Å². The number of benzene rings is 1. The van der Waals surface area contributed by atoms with Gasteiger partial charge in [-0.3, -0.25) is 0 Å². The lowest BCUT2D eigenvalue weighted by atomic mass is 10.3. The quantitative estimate of drug-likeness (QED) is 0.617. The topological polar surface area (TPSA) is 106 Å². The molecular weight excluding hydrogens is 251 g/mol. The van der Waals surface area contributed by atoms with Gasteiger partial charge in [0.05, 0.1) is 15.7 Å². The van der Waals surface area contributed by atoms with Gasteiger partial charge in [0.1, 0.15) is 0 Å². The predicted molar refractivity (Wildman–Crippen MR) is 65.0 cm³/mol. The third-order valence-electron chi connectivity index (χ3n) is 1.84. The average Bonchev–Trinajstić information content (AvgIpc) is 2.60. The molecule has 0 saturated heterocycles. The third kappa shape index (κ3) is 2.12. The number of H-pyrrole nitrogens is 1. The van der Waals surface area contributed by atoms with Crippen LogP contribution in [0.25, 0.3) is 0 Å². The van der Waals surface area contributed by atoms with E-state index < -0.39 is 0 Å².